The normalized spacial score (nSPS) is 14.6. The molecule has 4 rings (SSSR count). The van der Waals surface area contributed by atoms with Crippen LogP contribution >= 0.6 is 0 Å². The van der Waals surface area contributed by atoms with E-state index in [0.717, 1.165) is 72.7 Å². The van der Waals surface area contributed by atoms with Crippen molar-refractivity contribution in [3.05, 3.63) is 41.7 Å². The average Bonchev–Trinajstić information content (AvgIpc) is 2.67. The van der Waals surface area contributed by atoms with Crippen LogP contribution in [0.15, 0.2) is 30.3 Å². The quantitative estimate of drug-likeness (QED) is 0.764. The molecule has 1 aliphatic heterocycles. The molecule has 27 heavy (non-hydrogen) atoms. The van der Waals surface area contributed by atoms with E-state index >= 15 is 0 Å². The molecule has 0 unspecified atom stereocenters. The number of fused-ring (bicyclic) bond motifs is 1. The van der Waals surface area contributed by atoms with E-state index in [-0.39, 0.29) is 0 Å². The fourth-order valence-corrected chi connectivity index (χ4v) is 3.46. The highest BCUT2D eigenvalue weighted by Crippen LogP contribution is 2.24. The minimum absolute atomic E-state index is 0.783. The van der Waals surface area contributed by atoms with Crippen molar-refractivity contribution in [3.8, 4) is 0 Å². The van der Waals surface area contributed by atoms with Gasteiger partial charge in [-0.15, -0.1) is 0 Å². The number of para-hydroxylation sites is 1. The van der Waals surface area contributed by atoms with Crippen molar-refractivity contribution in [3.63, 3.8) is 0 Å². The maximum absolute atomic E-state index is 4.79. The van der Waals surface area contributed by atoms with E-state index in [1.165, 1.54) is 0 Å². The zero-order chi connectivity index (χ0) is 18.8. The second kappa shape index (κ2) is 7.34. The molecule has 2 aromatic heterocycles. The van der Waals surface area contributed by atoms with Crippen molar-refractivity contribution in [1.29, 1.82) is 0 Å². The number of rotatable bonds is 4. The molecule has 0 amide bonds. The SMILES string of the molecule is CCNc1nc(N2CCN(c3nc(C)cc(C)n3)CC2)nc2ccccc12. The van der Waals surface area contributed by atoms with Crippen molar-refractivity contribution in [2.45, 2.75) is 20.8 Å². The molecule has 1 fully saturated rings. The Morgan fingerprint density at radius 3 is 2.07 bits per heavy atom. The molecule has 0 spiro atoms. The number of hydrogen-bond donors (Lipinski definition) is 1. The maximum Gasteiger partial charge on any atom is 0.228 e. The molecule has 1 aliphatic rings. The fraction of sp³-hybridized carbons (Fsp3) is 0.400. The number of benzene rings is 1. The van der Waals surface area contributed by atoms with Crippen molar-refractivity contribution in [2.75, 3.05) is 47.8 Å². The summed E-state index contributed by atoms with van der Waals surface area (Å²) in [7, 11) is 0. The Balaban J connectivity index is 1.55. The van der Waals surface area contributed by atoms with E-state index in [1.807, 2.05) is 38.1 Å². The van der Waals surface area contributed by atoms with Gasteiger partial charge in [0.15, 0.2) is 0 Å². The third-order valence-corrected chi connectivity index (χ3v) is 4.75. The molecule has 1 saturated heterocycles. The van der Waals surface area contributed by atoms with Gasteiger partial charge in [-0.1, -0.05) is 12.1 Å². The molecule has 0 saturated carbocycles. The lowest BCUT2D eigenvalue weighted by atomic mass is 10.2. The van der Waals surface area contributed by atoms with Crippen molar-refractivity contribution in [2.24, 2.45) is 0 Å². The zero-order valence-electron chi connectivity index (χ0n) is 16.1. The molecule has 1 N–H and O–H groups in total. The first-order chi connectivity index (χ1) is 13.1. The van der Waals surface area contributed by atoms with Crippen LogP contribution in [0.1, 0.15) is 18.3 Å². The van der Waals surface area contributed by atoms with Crippen LogP contribution < -0.4 is 15.1 Å². The molecule has 7 heteroatoms. The summed E-state index contributed by atoms with van der Waals surface area (Å²) in [6.07, 6.45) is 0. The molecule has 3 aromatic rings. The summed E-state index contributed by atoms with van der Waals surface area (Å²) in [6.45, 7) is 10.3. The molecular formula is C20H25N7. The molecule has 140 valence electrons. The Morgan fingerprint density at radius 1 is 0.852 bits per heavy atom. The van der Waals surface area contributed by atoms with Crippen molar-refractivity contribution < 1.29 is 0 Å². The monoisotopic (exact) mass is 363 g/mol. The number of nitrogens with one attached hydrogen (secondary N) is 1. The Bertz CT molecular complexity index is 928. The van der Waals surface area contributed by atoms with E-state index in [2.05, 4.69) is 38.1 Å². The Labute approximate surface area is 159 Å². The van der Waals surface area contributed by atoms with Crippen LogP contribution in [-0.2, 0) is 0 Å². The minimum atomic E-state index is 0.783. The van der Waals surface area contributed by atoms with Gasteiger partial charge in [-0.3, -0.25) is 0 Å². The minimum Gasteiger partial charge on any atom is -0.370 e. The van der Waals surface area contributed by atoms with Gasteiger partial charge in [0.1, 0.15) is 5.82 Å². The summed E-state index contributed by atoms with van der Waals surface area (Å²) in [6, 6.07) is 10.2. The highest BCUT2D eigenvalue weighted by atomic mass is 15.4. The van der Waals surface area contributed by atoms with E-state index in [1.54, 1.807) is 0 Å². The molecule has 0 radical (unpaired) electrons. The van der Waals surface area contributed by atoms with Gasteiger partial charge >= 0.3 is 0 Å². The summed E-state index contributed by atoms with van der Waals surface area (Å²) in [5, 5.41) is 4.43. The van der Waals surface area contributed by atoms with Gasteiger partial charge in [-0.25, -0.2) is 15.0 Å². The number of aryl methyl sites for hydroxylation is 2. The second-order valence-electron chi connectivity index (χ2n) is 6.84. The molecule has 7 nitrogen and oxygen atoms in total. The zero-order valence-corrected chi connectivity index (χ0v) is 16.1. The number of hydrogen-bond acceptors (Lipinski definition) is 7. The molecule has 1 aromatic carbocycles. The van der Waals surface area contributed by atoms with E-state index in [4.69, 9.17) is 9.97 Å². The van der Waals surface area contributed by atoms with Crippen LogP contribution in [0.25, 0.3) is 10.9 Å². The van der Waals surface area contributed by atoms with Gasteiger partial charge in [0.05, 0.1) is 5.52 Å². The van der Waals surface area contributed by atoms with Gasteiger partial charge in [-0.05, 0) is 39.0 Å². The summed E-state index contributed by atoms with van der Waals surface area (Å²) < 4.78 is 0. The third-order valence-electron chi connectivity index (χ3n) is 4.75. The lowest BCUT2D eigenvalue weighted by Gasteiger charge is -2.35. The standard InChI is InChI=1S/C20H25N7/c1-4-21-18-16-7-5-6-8-17(16)24-20(25-18)27-11-9-26(10-12-27)19-22-14(2)13-15(3)23-19/h5-8,13H,4,9-12H2,1-3H3,(H,21,24,25). The maximum atomic E-state index is 4.79. The van der Waals surface area contributed by atoms with Crippen LogP contribution in [0.4, 0.5) is 17.7 Å². The fourth-order valence-electron chi connectivity index (χ4n) is 3.46. The summed E-state index contributed by atoms with van der Waals surface area (Å²) >= 11 is 0. The van der Waals surface area contributed by atoms with E-state index < -0.39 is 0 Å². The summed E-state index contributed by atoms with van der Waals surface area (Å²) in [5.41, 5.74) is 2.99. The highest BCUT2D eigenvalue weighted by molar-refractivity contribution is 5.90. The van der Waals surface area contributed by atoms with Crippen LogP contribution in [0.2, 0.25) is 0 Å². The predicted octanol–water partition coefficient (Wildman–Crippen LogP) is 2.80. The van der Waals surface area contributed by atoms with Crippen LogP contribution in [0.5, 0.6) is 0 Å². The lowest BCUT2D eigenvalue weighted by Crippen LogP contribution is -2.47. The van der Waals surface area contributed by atoms with Gasteiger partial charge in [0, 0.05) is 49.5 Å². The lowest BCUT2D eigenvalue weighted by molar-refractivity contribution is 0.627. The Morgan fingerprint density at radius 2 is 1.44 bits per heavy atom. The highest BCUT2D eigenvalue weighted by Gasteiger charge is 2.22. The number of piperazine rings is 1. The smallest absolute Gasteiger partial charge is 0.228 e. The number of anilines is 3. The second-order valence-corrected chi connectivity index (χ2v) is 6.84. The van der Waals surface area contributed by atoms with Gasteiger partial charge < -0.3 is 15.1 Å². The van der Waals surface area contributed by atoms with Crippen molar-refractivity contribution in [1.82, 2.24) is 19.9 Å². The van der Waals surface area contributed by atoms with Gasteiger partial charge in [0.25, 0.3) is 0 Å². The summed E-state index contributed by atoms with van der Waals surface area (Å²) in [4.78, 5) is 23.2. The number of aromatic nitrogens is 4. The van der Waals surface area contributed by atoms with E-state index in [9.17, 15) is 0 Å². The Hall–Kier alpha value is -2.96. The average molecular weight is 363 g/mol. The first kappa shape index (κ1) is 17.5. The molecule has 0 aliphatic carbocycles. The molecule has 3 heterocycles. The topological polar surface area (TPSA) is 70.1 Å². The summed E-state index contributed by atoms with van der Waals surface area (Å²) in [5.74, 6) is 2.50. The van der Waals surface area contributed by atoms with Crippen LogP contribution in [-0.4, -0.2) is 52.7 Å². The first-order valence-corrected chi connectivity index (χ1v) is 9.47. The molecule has 0 bridgehead atoms. The van der Waals surface area contributed by atoms with Crippen molar-refractivity contribution >= 4 is 28.6 Å². The Kier molecular flexibility index (Phi) is 4.75. The number of nitrogens with zero attached hydrogens (tertiary/aromatic N) is 6. The van der Waals surface area contributed by atoms with Crippen LogP contribution in [0.3, 0.4) is 0 Å². The van der Waals surface area contributed by atoms with Gasteiger partial charge in [0.2, 0.25) is 11.9 Å². The predicted molar refractivity (Wildman–Crippen MR) is 110 cm³/mol. The largest absolute Gasteiger partial charge is 0.370 e. The van der Waals surface area contributed by atoms with Crippen LogP contribution in [0, 0.1) is 13.8 Å². The molecule has 0 atom stereocenters. The molecular weight excluding hydrogens is 338 g/mol. The third kappa shape index (κ3) is 3.63. The van der Waals surface area contributed by atoms with E-state index in [0.29, 0.717) is 0 Å². The van der Waals surface area contributed by atoms with Gasteiger partial charge in [-0.2, -0.15) is 4.98 Å². The first-order valence-electron chi connectivity index (χ1n) is 9.47.